The molecule has 6 nitrogen and oxygen atoms in total. The number of piperidine rings is 1. The molecule has 1 unspecified atom stereocenters. The molecule has 2 aromatic rings. The zero-order chi connectivity index (χ0) is 14.5. The number of hydrogen-bond acceptors (Lipinski definition) is 5. The van der Waals surface area contributed by atoms with Crippen molar-refractivity contribution in [3.8, 4) is 0 Å². The molecule has 0 N–H and O–H groups in total. The van der Waals surface area contributed by atoms with Gasteiger partial charge >= 0.3 is 0 Å². The number of aromatic nitrogens is 4. The molecule has 0 radical (unpaired) electrons. The van der Waals surface area contributed by atoms with E-state index in [1.54, 1.807) is 0 Å². The second-order valence-corrected chi connectivity index (χ2v) is 5.51. The van der Waals surface area contributed by atoms with Crippen molar-refractivity contribution in [1.29, 1.82) is 0 Å². The lowest BCUT2D eigenvalue weighted by Gasteiger charge is -2.29. The summed E-state index contributed by atoms with van der Waals surface area (Å²) in [5.41, 5.74) is 1.18. The molecular weight excluding hydrogens is 266 g/mol. The third-order valence-electron chi connectivity index (χ3n) is 3.88. The summed E-state index contributed by atoms with van der Waals surface area (Å²) in [6.07, 6.45) is 3.12. The lowest BCUT2D eigenvalue weighted by atomic mass is 10.00. The fourth-order valence-corrected chi connectivity index (χ4v) is 2.76. The summed E-state index contributed by atoms with van der Waals surface area (Å²) in [7, 11) is 0. The van der Waals surface area contributed by atoms with Gasteiger partial charge in [0, 0.05) is 12.5 Å². The van der Waals surface area contributed by atoms with Crippen LogP contribution in [0.2, 0.25) is 0 Å². The predicted octanol–water partition coefficient (Wildman–Crippen LogP) is 1.13. The first-order chi connectivity index (χ1) is 10.3. The van der Waals surface area contributed by atoms with E-state index < -0.39 is 0 Å². The number of aldehydes is 1. The maximum Gasteiger partial charge on any atom is 0.165 e. The highest BCUT2D eigenvalue weighted by molar-refractivity contribution is 5.53. The van der Waals surface area contributed by atoms with Gasteiger partial charge in [-0.3, -0.25) is 4.90 Å². The fraction of sp³-hybridized carbons (Fsp3) is 0.467. The van der Waals surface area contributed by atoms with E-state index in [0.29, 0.717) is 13.1 Å². The summed E-state index contributed by atoms with van der Waals surface area (Å²) < 4.78 is 1.83. The molecule has 21 heavy (non-hydrogen) atoms. The van der Waals surface area contributed by atoms with Crippen LogP contribution >= 0.6 is 0 Å². The molecule has 0 amide bonds. The molecule has 0 saturated carbocycles. The number of hydrogen-bond donors (Lipinski definition) is 0. The number of carbonyl (C=O) groups excluding carboxylic acids is 1. The van der Waals surface area contributed by atoms with Crippen LogP contribution in [-0.2, 0) is 17.9 Å². The third-order valence-corrected chi connectivity index (χ3v) is 3.88. The Kier molecular flexibility index (Phi) is 4.35. The topological polar surface area (TPSA) is 63.9 Å². The maximum absolute atomic E-state index is 10.9. The molecule has 1 aromatic carbocycles. The molecule has 0 aliphatic carbocycles. The molecule has 1 aliphatic rings. The van der Waals surface area contributed by atoms with Crippen molar-refractivity contribution < 1.29 is 4.79 Å². The van der Waals surface area contributed by atoms with E-state index in [0.717, 1.165) is 38.0 Å². The largest absolute Gasteiger partial charge is 0.303 e. The molecular formula is C15H19N5O. The first kappa shape index (κ1) is 13.9. The van der Waals surface area contributed by atoms with Crippen LogP contribution in [0.25, 0.3) is 0 Å². The molecule has 1 aromatic heterocycles. The minimum atomic E-state index is 0.150. The van der Waals surface area contributed by atoms with Crippen LogP contribution in [-0.4, -0.2) is 44.5 Å². The van der Waals surface area contributed by atoms with Gasteiger partial charge in [-0.25, -0.2) is 4.68 Å². The average Bonchev–Trinajstić information content (AvgIpc) is 2.95. The second kappa shape index (κ2) is 6.58. The SMILES string of the molecule is O=CC1CCCN(Cc2nnnn2Cc2ccccc2)C1. The van der Waals surface area contributed by atoms with Crippen LogP contribution in [0, 0.1) is 5.92 Å². The quantitative estimate of drug-likeness (QED) is 0.771. The van der Waals surface area contributed by atoms with Crippen molar-refractivity contribution in [2.45, 2.75) is 25.9 Å². The first-order valence-electron chi connectivity index (χ1n) is 7.32. The van der Waals surface area contributed by atoms with Crippen molar-refractivity contribution in [2.75, 3.05) is 13.1 Å². The standard InChI is InChI=1S/C15H19N5O/c21-12-14-7-4-8-19(9-14)11-15-16-17-18-20(15)10-13-5-2-1-3-6-13/h1-3,5-6,12,14H,4,7-11H2. The molecule has 3 rings (SSSR count). The first-order valence-corrected chi connectivity index (χ1v) is 7.32. The molecule has 0 bridgehead atoms. The predicted molar refractivity (Wildman–Crippen MR) is 77.4 cm³/mol. The normalized spacial score (nSPS) is 19.5. The van der Waals surface area contributed by atoms with Gasteiger partial charge in [0.25, 0.3) is 0 Å². The van der Waals surface area contributed by atoms with E-state index in [4.69, 9.17) is 0 Å². The van der Waals surface area contributed by atoms with Gasteiger partial charge in [0.2, 0.25) is 0 Å². The van der Waals surface area contributed by atoms with Crippen molar-refractivity contribution >= 4 is 6.29 Å². The van der Waals surface area contributed by atoms with Gasteiger partial charge in [0.05, 0.1) is 13.1 Å². The van der Waals surface area contributed by atoms with Crippen LogP contribution in [0.5, 0.6) is 0 Å². The molecule has 1 aliphatic heterocycles. The number of nitrogens with zero attached hydrogens (tertiary/aromatic N) is 5. The number of rotatable bonds is 5. The fourth-order valence-electron chi connectivity index (χ4n) is 2.76. The molecule has 110 valence electrons. The van der Waals surface area contributed by atoms with Gasteiger partial charge in [0.15, 0.2) is 5.82 Å². The highest BCUT2D eigenvalue weighted by Crippen LogP contribution is 2.16. The lowest BCUT2D eigenvalue weighted by Crippen LogP contribution is -2.36. The van der Waals surface area contributed by atoms with Crippen molar-refractivity contribution in [3.05, 3.63) is 41.7 Å². The van der Waals surface area contributed by atoms with Crippen molar-refractivity contribution in [1.82, 2.24) is 25.1 Å². The Balaban J connectivity index is 1.66. The number of carbonyl (C=O) groups is 1. The summed E-state index contributed by atoms with van der Waals surface area (Å²) in [4.78, 5) is 13.2. The van der Waals surface area contributed by atoms with E-state index in [1.165, 1.54) is 5.56 Å². The Morgan fingerprint density at radius 2 is 2.10 bits per heavy atom. The summed E-state index contributed by atoms with van der Waals surface area (Å²) in [5, 5.41) is 12.0. The third kappa shape index (κ3) is 3.52. The van der Waals surface area contributed by atoms with Crippen molar-refractivity contribution in [2.24, 2.45) is 5.92 Å². The minimum absolute atomic E-state index is 0.150. The zero-order valence-electron chi connectivity index (χ0n) is 11.9. The summed E-state index contributed by atoms with van der Waals surface area (Å²) >= 11 is 0. The Labute approximate surface area is 123 Å². The Bertz CT molecular complexity index is 583. The van der Waals surface area contributed by atoms with E-state index >= 15 is 0 Å². The summed E-state index contributed by atoms with van der Waals surface area (Å²) in [6, 6.07) is 10.2. The molecule has 1 atom stereocenters. The van der Waals surface area contributed by atoms with Gasteiger partial charge in [0.1, 0.15) is 6.29 Å². The second-order valence-electron chi connectivity index (χ2n) is 5.51. The van der Waals surface area contributed by atoms with Gasteiger partial charge in [-0.1, -0.05) is 30.3 Å². The van der Waals surface area contributed by atoms with Crippen LogP contribution in [0.3, 0.4) is 0 Å². The number of tetrazole rings is 1. The molecule has 1 fully saturated rings. The smallest absolute Gasteiger partial charge is 0.165 e. The van der Waals surface area contributed by atoms with Crippen LogP contribution in [0.1, 0.15) is 24.2 Å². The van der Waals surface area contributed by atoms with Gasteiger partial charge in [-0.2, -0.15) is 0 Å². The summed E-state index contributed by atoms with van der Waals surface area (Å²) in [5.74, 6) is 1.00. The van der Waals surface area contributed by atoms with Gasteiger partial charge in [-0.05, 0) is 35.4 Å². The molecule has 1 saturated heterocycles. The monoisotopic (exact) mass is 285 g/mol. The summed E-state index contributed by atoms with van der Waals surface area (Å²) in [6.45, 7) is 3.18. The molecule has 2 heterocycles. The van der Waals surface area contributed by atoms with Crippen LogP contribution in [0.15, 0.2) is 30.3 Å². The Morgan fingerprint density at radius 1 is 1.24 bits per heavy atom. The Morgan fingerprint density at radius 3 is 2.90 bits per heavy atom. The Hall–Kier alpha value is -2.08. The van der Waals surface area contributed by atoms with Gasteiger partial charge in [-0.15, -0.1) is 5.10 Å². The van der Waals surface area contributed by atoms with Crippen LogP contribution < -0.4 is 0 Å². The maximum atomic E-state index is 10.9. The lowest BCUT2D eigenvalue weighted by molar-refractivity contribution is -0.112. The minimum Gasteiger partial charge on any atom is -0.303 e. The molecule has 6 heteroatoms. The highest BCUT2D eigenvalue weighted by atomic mass is 16.1. The highest BCUT2D eigenvalue weighted by Gasteiger charge is 2.21. The number of likely N-dealkylation sites (tertiary alicyclic amines) is 1. The van der Waals surface area contributed by atoms with Crippen LogP contribution in [0.4, 0.5) is 0 Å². The number of benzene rings is 1. The van der Waals surface area contributed by atoms with E-state index in [9.17, 15) is 4.79 Å². The van der Waals surface area contributed by atoms with E-state index in [-0.39, 0.29) is 5.92 Å². The van der Waals surface area contributed by atoms with E-state index in [1.807, 2.05) is 22.9 Å². The van der Waals surface area contributed by atoms with E-state index in [2.05, 4.69) is 32.6 Å². The van der Waals surface area contributed by atoms with Crippen molar-refractivity contribution in [3.63, 3.8) is 0 Å². The molecule has 0 spiro atoms. The zero-order valence-corrected chi connectivity index (χ0v) is 11.9. The van der Waals surface area contributed by atoms with Gasteiger partial charge < -0.3 is 4.79 Å². The average molecular weight is 285 g/mol.